The molecule has 0 unspecified atom stereocenters. The Bertz CT molecular complexity index is 1100. The van der Waals surface area contributed by atoms with Gasteiger partial charge in [0.05, 0.1) is 11.1 Å². The highest BCUT2D eigenvalue weighted by Crippen LogP contribution is 2.18. The van der Waals surface area contributed by atoms with Crippen LogP contribution in [0.4, 0.5) is 0 Å². The molecule has 4 rings (SSSR count). The lowest BCUT2D eigenvalue weighted by Crippen LogP contribution is -2.33. The first-order chi connectivity index (χ1) is 10.1. The Balaban J connectivity index is 2.07. The Morgan fingerprint density at radius 3 is 2.86 bits per heavy atom. The maximum atomic E-state index is 12.5. The van der Waals surface area contributed by atoms with E-state index in [1.807, 2.05) is 36.0 Å². The molecule has 0 saturated heterocycles. The van der Waals surface area contributed by atoms with Crippen molar-refractivity contribution < 1.29 is 0 Å². The zero-order valence-corrected chi connectivity index (χ0v) is 12.0. The van der Waals surface area contributed by atoms with Gasteiger partial charge in [0, 0.05) is 24.1 Å². The molecule has 6 heteroatoms. The normalized spacial score (nSPS) is 11.5. The minimum Gasteiger partial charge on any atom is -0.351 e. The fraction of sp³-hybridized carbons (Fsp3) is 0.0667. The van der Waals surface area contributed by atoms with E-state index in [-0.39, 0.29) is 5.56 Å². The minimum absolute atomic E-state index is 0.287. The van der Waals surface area contributed by atoms with Crippen molar-refractivity contribution in [2.75, 3.05) is 0 Å². The molecular weight excluding hydrogens is 286 g/mol. The highest BCUT2D eigenvalue weighted by Gasteiger charge is 2.11. The van der Waals surface area contributed by atoms with Gasteiger partial charge in [-0.3, -0.25) is 9.78 Å². The van der Waals surface area contributed by atoms with Gasteiger partial charge in [-0.15, -0.1) is 11.3 Å². The number of nitrogens with one attached hydrogen (secondary N) is 1. The molecule has 0 bridgehead atoms. The number of nitrogens with zero attached hydrogens (tertiary/aromatic N) is 2. The second-order valence-corrected chi connectivity index (χ2v) is 5.82. The predicted octanol–water partition coefficient (Wildman–Crippen LogP) is 2.23. The fourth-order valence-electron chi connectivity index (χ4n) is 2.58. The summed E-state index contributed by atoms with van der Waals surface area (Å²) in [6, 6.07) is 9.24. The first kappa shape index (κ1) is 12.2. The summed E-state index contributed by atoms with van der Waals surface area (Å²) in [7, 11) is 1.96. The van der Waals surface area contributed by atoms with E-state index >= 15 is 0 Å². The molecule has 4 aromatic rings. The molecule has 104 valence electrons. The Kier molecular flexibility index (Phi) is 2.43. The topological polar surface area (TPSA) is 59.8 Å². The Labute approximate surface area is 122 Å². The zero-order valence-electron chi connectivity index (χ0n) is 11.2. The number of hydrogen-bond acceptors (Lipinski definition) is 3. The smallest absolute Gasteiger partial charge is 0.334 e. The molecule has 0 aliphatic heterocycles. The van der Waals surface area contributed by atoms with Crippen molar-refractivity contribution in [2.45, 2.75) is 0 Å². The minimum atomic E-state index is -0.412. The second-order valence-electron chi connectivity index (χ2n) is 4.90. The maximum absolute atomic E-state index is 12.5. The Hall–Kier alpha value is -2.60. The van der Waals surface area contributed by atoms with Gasteiger partial charge >= 0.3 is 5.69 Å². The summed E-state index contributed by atoms with van der Waals surface area (Å²) in [5.74, 6) is 0. The van der Waals surface area contributed by atoms with Crippen LogP contribution >= 0.6 is 11.3 Å². The summed E-state index contributed by atoms with van der Waals surface area (Å²) in [6.07, 6.45) is 1.95. The summed E-state index contributed by atoms with van der Waals surface area (Å²) >= 11 is 1.35. The van der Waals surface area contributed by atoms with Crippen molar-refractivity contribution in [2.24, 2.45) is 7.05 Å². The van der Waals surface area contributed by atoms with Crippen molar-refractivity contribution >= 4 is 32.5 Å². The number of aromatic nitrogens is 3. The number of fused-ring (bicyclic) bond motifs is 2. The molecular formula is C15H11N3O2S. The lowest BCUT2D eigenvalue weighted by atomic mass is 10.2. The van der Waals surface area contributed by atoms with Crippen molar-refractivity contribution in [3.8, 4) is 5.69 Å². The highest BCUT2D eigenvalue weighted by molar-refractivity contribution is 7.16. The second kappa shape index (κ2) is 4.20. The van der Waals surface area contributed by atoms with Crippen LogP contribution in [0.25, 0.3) is 26.8 Å². The number of aryl methyl sites for hydroxylation is 1. The number of thiophene rings is 1. The van der Waals surface area contributed by atoms with Crippen LogP contribution in [-0.2, 0) is 7.05 Å². The number of hydrogen-bond donors (Lipinski definition) is 1. The van der Waals surface area contributed by atoms with Crippen molar-refractivity contribution in [1.29, 1.82) is 0 Å². The summed E-state index contributed by atoms with van der Waals surface area (Å²) < 4.78 is 3.18. The maximum Gasteiger partial charge on any atom is 0.334 e. The molecule has 0 atom stereocenters. The molecule has 1 aromatic carbocycles. The summed E-state index contributed by atoms with van der Waals surface area (Å²) in [4.78, 5) is 28.1. The lowest BCUT2D eigenvalue weighted by molar-refractivity contribution is 0.905. The quantitative estimate of drug-likeness (QED) is 0.585. The lowest BCUT2D eigenvalue weighted by Gasteiger charge is -2.05. The number of rotatable bonds is 1. The Morgan fingerprint density at radius 1 is 1.14 bits per heavy atom. The van der Waals surface area contributed by atoms with E-state index in [9.17, 15) is 9.59 Å². The van der Waals surface area contributed by atoms with Crippen LogP contribution in [0.5, 0.6) is 0 Å². The van der Waals surface area contributed by atoms with Crippen LogP contribution in [0.2, 0.25) is 0 Å². The molecule has 0 spiro atoms. The van der Waals surface area contributed by atoms with E-state index in [1.165, 1.54) is 15.9 Å². The van der Waals surface area contributed by atoms with Crippen molar-refractivity contribution in [3.05, 3.63) is 62.7 Å². The third-order valence-electron chi connectivity index (χ3n) is 3.65. The van der Waals surface area contributed by atoms with E-state index < -0.39 is 5.69 Å². The van der Waals surface area contributed by atoms with Crippen molar-refractivity contribution in [1.82, 2.24) is 14.1 Å². The van der Waals surface area contributed by atoms with Gasteiger partial charge in [0.2, 0.25) is 0 Å². The largest absolute Gasteiger partial charge is 0.351 e. The Morgan fingerprint density at radius 2 is 2.00 bits per heavy atom. The summed E-state index contributed by atoms with van der Waals surface area (Å²) in [6.45, 7) is 0. The molecule has 0 radical (unpaired) electrons. The molecule has 0 saturated carbocycles. The molecule has 0 aliphatic rings. The van der Waals surface area contributed by atoms with E-state index in [0.717, 1.165) is 10.9 Å². The van der Waals surface area contributed by atoms with Gasteiger partial charge in [0.25, 0.3) is 5.56 Å². The molecule has 3 heterocycles. The number of H-pyrrole nitrogens is 1. The molecule has 0 amide bonds. The van der Waals surface area contributed by atoms with Gasteiger partial charge in [0.15, 0.2) is 0 Å². The predicted molar refractivity (Wildman–Crippen MR) is 84.5 cm³/mol. The van der Waals surface area contributed by atoms with Crippen LogP contribution in [-0.4, -0.2) is 14.1 Å². The molecule has 1 N–H and O–H groups in total. The van der Waals surface area contributed by atoms with Crippen LogP contribution in [0.3, 0.4) is 0 Å². The van der Waals surface area contributed by atoms with Crippen LogP contribution in [0.15, 0.2) is 51.5 Å². The highest BCUT2D eigenvalue weighted by atomic mass is 32.1. The van der Waals surface area contributed by atoms with Gasteiger partial charge in [-0.1, -0.05) is 0 Å². The van der Waals surface area contributed by atoms with Crippen LogP contribution < -0.4 is 11.2 Å². The third-order valence-corrected chi connectivity index (χ3v) is 4.48. The molecule has 0 aliphatic carbocycles. The number of benzene rings is 1. The summed E-state index contributed by atoms with van der Waals surface area (Å²) in [5.41, 5.74) is 0.934. The first-order valence-corrected chi connectivity index (χ1v) is 7.31. The van der Waals surface area contributed by atoms with E-state index in [0.29, 0.717) is 15.9 Å². The monoisotopic (exact) mass is 297 g/mol. The molecule has 21 heavy (non-hydrogen) atoms. The average molecular weight is 297 g/mol. The van der Waals surface area contributed by atoms with Crippen LogP contribution in [0, 0.1) is 0 Å². The third kappa shape index (κ3) is 1.69. The van der Waals surface area contributed by atoms with Gasteiger partial charge in [-0.25, -0.2) is 9.36 Å². The van der Waals surface area contributed by atoms with Gasteiger partial charge in [-0.05, 0) is 35.7 Å². The van der Waals surface area contributed by atoms with Crippen molar-refractivity contribution in [3.63, 3.8) is 0 Å². The van der Waals surface area contributed by atoms with Gasteiger partial charge < -0.3 is 4.57 Å². The molecule has 3 aromatic heterocycles. The van der Waals surface area contributed by atoms with E-state index in [1.54, 1.807) is 17.5 Å². The fourth-order valence-corrected chi connectivity index (χ4v) is 3.35. The molecule has 0 fully saturated rings. The standard InChI is InChI=1S/C15H11N3O2S/c1-17-6-4-9-8-10(2-3-12(9)17)18-14(19)11-5-7-21-13(11)16-15(18)20/h2-8H,1H3,(H,16,20). The van der Waals surface area contributed by atoms with Gasteiger partial charge in [0.1, 0.15) is 4.83 Å². The molecule has 5 nitrogen and oxygen atoms in total. The first-order valence-electron chi connectivity index (χ1n) is 6.43. The average Bonchev–Trinajstić information content (AvgIpc) is 3.06. The number of aromatic amines is 1. The van der Waals surface area contributed by atoms with E-state index in [4.69, 9.17) is 0 Å². The van der Waals surface area contributed by atoms with Crippen LogP contribution in [0.1, 0.15) is 0 Å². The van der Waals surface area contributed by atoms with E-state index in [2.05, 4.69) is 4.98 Å². The zero-order chi connectivity index (χ0) is 14.6. The summed E-state index contributed by atoms with van der Waals surface area (Å²) in [5, 5.41) is 3.33. The SMILES string of the molecule is Cn1ccc2cc(-n3c(=O)[nH]c4sccc4c3=O)ccc21. The van der Waals surface area contributed by atoms with Gasteiger partial charge in [-0.2, -0.15) is 0 Å².